The van der Waals surface area contributed by atoms with E-state index in [0.717, 1.165) is 18.3 Å². The zero-order chi connectivity index (χ0) is 14.0. The minimum absolute atomic E-state index is 0.532. The molecule has 1 saturated carbocycles. The summed E-state index contributed by atoms with van der Waals surface area (Å²) in [6, 6.07) is 4.86. The van der Waals surface area contributed by atoms with Crippen molar-refractivity contribution in [3.8, 4) is 0 Å². The second-order valence-electron chi connectivity index (χ2n) is 4.97. The van der Waals surface area contributed by atoms with Gasteiger partial charge in [0.2, 0.25) is 0 Å². The van der Waals surface area contributed by atoms with Crippen molar-refractivity contribution in [2.24, 2.45) is 0 Å². The third-order valence-electron chi connectivity index (χ3n) is 3.11. The predicted octanol–water partition coefficient (Wildman–Crippen LogP) is 1.51. The summed E-state index contributed by atoms with van der Waals surface area (Å²) in [6.07, 6.45) is 4.54. The topological polar surface area (TPSA) is 52.6 Å². The molecule has 0 aromatic carbocycles. The van der Waals surface area contributed by atoms with Gasteiger partial charge >= 0.3 is 0 Å². The minimum atomic E-state index is 0.532. The Morgan fingerprint density at radius 2 is 1.95 bits per heavy atom. The second kappa shape index (κ2) is 9.02. The van der Waals surface area contributed by atoms with Crippen molar-refractivity contribution in [2.75, 3.05) is 33.5 Å². The molecule has 1 aliphatic carbocycles. The number of hydrogen-bond acceptors (Lipinski definition) is 5. The Kier molecular flexibility index (Phi) is 6.94. The highest BCUT2D eigenvalue weighted by Gasteiger charge is 2.19. The van der Waals surface area contributed by atoms with Crippen molar-refractivity contribution in [1.29, 1.82) is 0 Å². The first-order valence-electron chi connectivity index (χ1n) is 7.20. The standard InChI is InChI=1S/C15H24N2O3/c1-18-6-7-19-8-9-20-12-15-3-2-13(11-17-15)10-16-14-4-5-14/h2-3,11,14,16H,4-10,12H2,1H3. The SMILES string of the molecule is COCCOCCOCc1ccc(CNC2CC2)cn1. The molecule has 0 amide bonds. The van der Waals surface area contributed by atoms with E-state index in [9.17, 15) is 0 Å². The lowest BCUT2D eigenvalue weighted by Gasteiger charge is -2.06. The van der Waals surface area contributed by atoms with Crippen LogP contribution in [0.5, 0.6) is 0 Å². The highest BCUT2D eigenvalue weighted by atomic mass is 16.5. The largest absolute Gasteiger partial charge is 0.382 e. The molecule has 0 atom stereocenters. The van der Waals surface area contributed by atoms with Crippen molar-refractivity contribution < 1.29 is 14.2 Å². The van der Waals surface area contributed by atoms with Gasteiger partial charge in [-0.1, -0.05) is 6.07 Å². The molecule has 0 radical (unpaired) electrons. The molecule has 1 aromatic rings. The first kappa shape index (κ1) is 15.4. The highest BCUT2D eigenvalue weighted by Crippen LogP contribution is 2.19. The molecule has 0 spiro atoms. The second-order valence-corrected chi connectivity index (χ2v) is 4.97. The van der Waals surface area contributed by atoms with Crippen molar-refractivity contribution in [3.63, 3.8) is 0 Å². The number of hydrogen-bond donors (Lipinski definition) is 1. The van der Waals surface area contributed by atoms with Crippen LogP contribution in [0.4, 0.5) is 0 Å². The van der Waals surface area contributed by atoms with E-state index in [-0.39, 0.29) is 0 Å². The summed E-state index contributed by atoms with van der Waals surface area (Å²) in [4.78, 5) is 4.40. The maximum atomic E-state index is 5.50. The molecule has 1 aliphatic rings. The summed E-state index contributed by atoms with van der Waals surface area (Å²) in [6.45, 7) is 3.85. The lowest BCUT2D eigenvalue weighted by atomic mass is 10.2. The molecule has 0 saturated heterocycles. The number of rotatable bonds is 11. The molecule has 1 N–H and O–H groups in total. The third-order valence-corrected chi connectivity index (χ3v) is 3.11. The number of methoxy groups -OCH3 is 1. The maximum absolute atomic E-state index is 5.50. The number of ether oxygens (including phenoxy) is 3. The Morgan fingerprint density at radius 3 is 2.65 bits per heavy atom. The summed E-state index contributed by atoms with van der Waals surface area (Å²) >= 11 is 0. The van der Waals surface area contributed by atoms with Crippen LogP contribution in [0.1, 0.15) is 24.1 Å². The fourth-order valence-corrected chi connectivity index (χ4v) is 1.73. The zero-order valence-electron chi connectivity index (χ0n) is 12.1. The van der Waals surface area contributed by atoms with E-state index in [1.807, 2.05) is 12.3 Å². The number of pyridine rings is 1. The molecule has 0 bridgehead atoms. The van der Waals surface area contributed by atoms with Crippen molar-refractivity contribution in [3.05, 3.63) is 29.6 Å². The molecule has 5 nitrogen and oxygen atoms in total. The highest BCUT2D eigenvalue weighted by molar-refractivity contribution is 5.13. The van der Waals surface area contributed by atoms with Gasteiger partial charge in [0, 0.05) is 25.9 Å². The maximum Gasteiger partial charge on any atom is 0.0889 e. The van der Waals surface area contributed by atoms with Gasteiger partial charge in [0.1, 0.15) is 0 Å². The van der Waals surface area contributed by atoms with E-state index in [2.05, 4.69) is 16.4 Å². The molecule has 0 unspecified atom stereocenters. The molecule has 112 valence electrons. The molecule has 20 heavy (non-hydrogen) atoms. The fraction of sp³-hybridized carbons (Fsp3) is 0.667. The van der Waals surface area contributed by atoms with Crippen LogP contribution < -0.4 is 5.32 Å². The Labute approximate surface area is 120 Å². The lowest BCUT2D eigenvalue weighted by Crippen LogP contribution is -2.15. The van der Waals surface area contributed by atoms with Crippen LogP contribution in [0.25, 0.3) is 0 Å². The summed E-state index contributed by atoms with van der Waals surface area (Å²) in [7, 11) is 1.66. The average molecular weight is 280 g/mol. The first-order valence-corrected chi connectivity index (χ1v) is 7.20. The van der Waals surface area contributed by atoms with Crippen molar-refractivity contribution in [2.45, 2.75) is 32.0 Å². The van der Waals surface area contributed by atoms with E-state index in [4.69, 9.17) is 14.2 Å². The van der Waals surface area contributed by atoms with Crippen LogP contribution >= 0.6 is 0 Å². The van der Waals surface area contributed by atoms with Crippen molar-refractivity contribution >= 4 is 0 Å². The van der Waals surface area contributed by atoms with E-state index in [1.54, 1.807) is 7.11 Å². The fourth-order valence-electron chi connectivity index (χ4n) is 1.73. The van der Waals surface area contributed by atoms with Gasteiger partial charge in [0.05, 0.1) is 38.7 Å². The van der Waals surface area contributed by atoms with Crippen LogP contribution in [-0.4, -0.2) is 44.6 Å². The van der Waals surface area contributed by atoms with E-state index in [1.165, 1.54) is 18.4 Å². The Morgan fingerprint density at radius 1 is 1.15 bits per heavy atom. The van der Waals surface area contributed by atoms with E-state index >= 15 is 0 Å². The van der Waals surface area contributed by atoms with Gasteiger partial charge in [-0.2, -0.15) is 0 Å². The van der Waals surface area contributed by atoms with Gasteiger partial charge in [-0.15, -0.1) is 0 Å². The van der Waals surface area contributed by atoms with Crippen LogP contribution in [0, 0.1) is 0 Å². The summed E-state index contributed by atoms with van der Waals surface area (Å²) in [5, 5.41) is 3.47. The van der Waals surface area contributed by atoms with Gasteiger partial charge in [0.15, 0.2) is 0 Å². The Balaban J connectivity index is 1.53. The molecule has 1 aromatic heterocycles. The summed E-state index contributed by atoms with van der Waals surface area (Å²) in [5.41, 5.74) is 2.18. The zero-order valence-corrected chi connectivity index (χ0v) is 12.1. The van der Waals surface area contributed by atoms with Crippen LogP contribution in [0.3, 0.4) is 0 Å². The lowest BCUT2D eigenvalue weighted by molar-refractivity contribution is 0.0192. The summed E-state index contributed by atoms with van der Waals surface area (Å²) < 4.78 is 15.7. The molecule has 2 rings (SSSR count). The Hall–Kier alpha value is -1.01. The molecular weight excluding hydrogens is 256 g/mol. The number of nitrogens with one attached hydrogen (secondary N) is 1. The van der Waals surface area contributed by atoms with Crippen LogP contribution in [-0.2, 0) is 27.4 Å². The molecule has 1 heterocycles. The molecular formula is C15H24N2O3. The first-order chi connectivity index (χ1) is 9.88. The van der Waals surface area contributed by atoms with Gasteiger partial charge in [-0.05, 0) is 24.5 Å². The summed E-state index contributed by atoms with van der Waals surface area (Å²) in [5.74, 6) is 0. The van der Waals surface area contributed by atoms with Gasteiger partial charge < -0.3 is 19.5 Å². The van der Waals surface area contributed by atoms with Crippen LogP contribution in [0.15, 0.2) is 18.3 Å². The monoisotopic (exact) mass is 280 g/mol. The van der Waals surface area contributed by atoms with Gasteiger partial charge in [-0.25, -0.2) is 0 Å². The van der Waals surface area contributed by atoms with Crippen molar-refractivity contribution in [1.82, 2.24) is 10.3 Å². The van der Waals surface area contributed by atoms with Gasteiger partial charge in [-0.3, -0.25) is 4.98 Å². The number of nitrogens with zero attached hydrogens (tertiary/aromatic N) is 1. The van der Waals surface area contributed by atoms with E-state index < -0.39 is 0 Å². The molecule has 0 aliphatic heterocycles. The third kappa shape index (κ3) is 6.43. The smallest absolute Gasteiger partial charge is 0.0889 e. The van der Waals surface area contributed by atoms with E-state index in [0.29, 0.717) is 33.0 Å². The predicted molar refractivity (Wildman–Crippen MR) is 76.4 cm³/mol. The average Bonchev–Trinajstić information content (AvgIpc) is 3.30. The Bertz CT molecular complexity index is 366. The molecule has 5 heteroatoms. The normalized spacial score (nSPS) is 14.7. The molecule has 1 fully saturated rings. The number of aromatic nitrogens is 1. The minimum Gasteiger partial charge on any atom is -0.382 e. The quantitative estimate of drug-likeness (QED) is 0.623. The van der Waals surface area contributed by atoms with Gasteiger partial charge in [0.25, 0.3) is 0 Å². The van der Waals surface area contributed by atoms with Crippen LogP contribution in [0.2, 0.25) is 0 Å².